The molecule has 0 radical (unpaired) electrons. The summed E-state index contributed by atoms with van der Waals surface area (Å²) in [7, 11) is 1.63. The van der Waals surface area contributed by atoms with Crippen LogP contribution in [0, 0.1) is 0 Å². The lowest BCUT2D eigenvalue weighted by molar-refractivity contribution is 0.311. The molecule has 0 saturated heterocycles. The quantitative estimate of drug-likeness (QED) is 0.717. The predicted octanol–water partition coefficient (Wildman–Crippen LogP) is 3.35. The van der Waals surface area contributed by atoms with Crippen molar-refractivity contribution in [1.82, 2.24) is 0 Å². The van der Waals surface area contributed by atoms with Crippen LogP contribution in [0.3, 0.4) is 0 Å². The molecule has 1 rings (SSSR count). The molecule has 0 N–H and O–H groups in total. The Labute approximate surface area is 95.5 Å². The first-order chi connectivity index (χ1) is 7.31. The fraction of sp³-hybridized carbons (Fsp3) is 0.333. The van der Waals surface area contributed by atoms with E-state index in [2.05, 4.69) is 0 Å². The second kappa shape index (κ2) is 6.36. The Balaban J connectivity index is 2.91. The van der Waals surface area contributed by atoms with E-state index < -0.39 is 0 Å². The highest BCUT2D eigenvalue weighted by molar-refractivity contribution is 6.19. The van der Waals surface area contributed by atoms with Crippen LogP contribution < -0.4 is 9.47 Å². The first-order valence-corrected chi connectivity index (χ1v) is 5.38. The normalized spacial score (nSPS) is 10.6. The summed E-state index contributed by atoms with van der Waals surface area (Å²) in [5.74, 6) is 2.02. The van der Waals surface area contributed by atoms with E-state index in [1.807, 2.05) is 37.3 Å². The van der Waals surface area contributed by atoms with Gasteiger partial charge in [-0.2, -0.15) is 0 Å². The Morgan fingerprint density at radius 3 is 2.73 bits per heavy atom. The number of rotatable bonds is 5. The zero-order chi connectivity index (χ0) is 11.1. The lowest BCUT2D eigenvalue weighted by Crippen LogP contribution is -1.95. The number of halogens is 1. The van der Waals surface area contributed by atoms with Gasteiger partial charge in [0.2, 0.25) is 0 Å². The molecule has 15 heavy (non-hydrogen) atoms. The van der Waals surface area contributed by atoms with E-state index in [4.69, 9.17) is 21.1 Å². The molecule has 0 aliphatic heterocycles. The molecule has 0 aromatic heterocycles. The van der Waals surface area contributed by atoms with Crippen molar-refractivity contribution < 1.29 is 9.47 Å². The summed E-state index contributed by atoms with van der Waals surface area (Å²) >= 11 is 5.56. The van der Waals surface area contributed by atoms with E-state index in [0.29, 0.717) is 12.5 Å². The molecule has 0 aliphatic rings. The standard InChI is InChI=1S/C12H15ClO2/c1-3-15-11-7-6-10(5-4-8-13)9-12(11)14-2/h4-7,9H,3,8H2,1-2H3. The molecule has 0 atom stereocenters. The summed E-state index contributed by atoms with van der Waals surface area (Å²) in [4.78, 5) is 0. The van der Waals surface area contributed by atoms with E-state index in [0.717, 1.165) is 17.1 Å². The summed E-state index contributed by atoms with van der Waals surface area (Å²) in [5.41, 5.74) is 1.05. The predicted molar refractivity (Wildman–Crippen MR) is 63.9 cm³/mol. The van der Waals surface area contributed by atoms with Gasteiger partial charge in [0.05, 0.1) is 13.7 Å². The average Bonchev–Trinajstić information content (AvgIpc) is 2.28. The Hall–Kier alpha value is -1.15. The molecular formula is C12H15ClO2. The number of allylic oxidation sites excluding steroid dienone is 1. The molecule has 2 nitrogen and oxygen atoms in total. The smallest absolute Gasteiger partial charge is 0.161 e. The molecule has 0 spiro atoms. The monoisotopic (exact) mass is 226 g/mol. The van der Waals surface area contributed by atoms with Gasteiger partial charge in [-0.05, 0) is 24.6 Å². The van der Waals surface area contributed by atoms with Crippen molar-refractivity contribution in [2.75, 3.05) is 19.6 Å². The summed E-state index contributed by atoms with van der Waals surface area (Å²) in [6.45, 7) is 2.58. The molecule has 0 aliphatic carbocycles. The topological polar surface area (TPSA) is 18.5 Å². The third-order valence-corrected chi connectivity index (χ3v) is 2.07. The summed E-state index contributed by atoms with van der Waals surface area (Å²) in [6, 6.07) is 5.79. The van der Waals surface area contributed by atoms with Crippen molar-refractivity contribution in [3.8, 4) is 11.5 Å². The minimum atomic E-state index is 0.509. The van der Waals surface area contributed by atoms with Crippen LogP contribution in [0.5, 0.6) is 11.5 Å². The van der Waals surface area contributed by atoms with Gasteiger partial charge in [-0.1, -0.05) is 18.2 Å². The maximum absolute atomic E-state index is 5.56. The maximum Gasteiger partial charge on any atom is 0.161 e. The van der Waals surface area contributed by atoms with Crippen molar-refractivity contribution in [2.24, 2.45) is 0 Å². The number of hydrogen-bond acceptors (Lipinski definition) is 2. The highest BCUT2D eigenvalue weighted by Gasteiger charge is 2.03. The molecular weight excluding hydrogens is 212 g/mol. The van der Waals surface area contributed by atoms with Crippen LogP contribution in [0.1, 0.15) is 12.5 Å². The van der Waals surface area contributed by atoms with Gasteiger partial charge in [-0.15, -0.1) is 11.6 Å². The maximum atomic E-state index is 5.56. The minimum Gasteiger partial charge on any atom is -0.493 e. The van der Waals surface area contributed by atoms with E-state index in [9.17, 15) is 0 Å². The number of alkyl halides is 1. The molecule has 1 aromatic carbocycles. The van der Waals surface area contributed by atoms with E-state index in [1.54, 1.807) is 7.11 Å². The highest BCUT2D eigenvalue weighted by atomic mass is 35.5. The molecule has 0 bridgehead atoms. The van der Waals surface area contributed by atoms with E-state index in [-0.39, 0.29) is 0 Å². The van der Waals surface area contributed by atoms with Crippen molar-refractivity contribution in [3.63, 3.8) is 0 Å². The van der Waals surface area contributed by atoms with Crippen LogP contribution in [0.15, 0.2) is 24.3 Å². The Morgan fingerprint density at radius 2 is 2.13 bits per heavy atom. The average molecular weight is 227 g/mol. The Kier molecular flexibility index (Phi) is 5.05. The lowest BCUT2D eigenvalue weighted by Gasteiger charge is -2.09. The third kappa shape index (κ3) is 3.48. The molecule has 82 valence electrons. The SMILES string of the molecule is CCOc1ccc(C=CCCl)cc1OC. The number of hydrogen-bond donors (Lipinski definition) is 0. The molecule has 0 fully saturated rings. The van der Waals surface area contributed by atoms with E-state index in [1.165, 1.54) is 0 Å². The molecule has 0 unspecified atom stereocenters. The van der Waals surface area contributed by atoms with Crippen LogP contribution in [0.4, 0.5) is 0 Å². The van der Waals surface area contributed by atoms with Crippen LogP contribution in [-0.2, 0) is 0 Å². The van der Waals surface area contributed by atoms with Crippen molar-refractivity contribution in [2.45, 2.75) is 6.92 Å². The molecule has 0 amide bonds. The van der Waals surface area contributed by atoms with Crippen molar-refractivity contribution in [3.05, 3.63) is 29.8 Å². The zero-order valence-electron chi connectivity index (χ0n) is 9.00. The van der Waals surface area contributed by atoms with Gasteiger partial charge in [0.25, 0.3) is 0 Å². The van der Waals surface area contributed by atoms with Gasteiger partial charge < -0.3 is 9.47 Å². The summed E-state index contributed by atoms with van der Waals surface area (Å²) in [5, 5.41) is 0. The van der Waals surface area contributed by atoms with E-state index >= 15 is 0 Å². The minimum absolute atomic E-state index is 0.509. The second-order valence-electron chi connectivity index (χ2n) is 2.90. The molecule has 0 saturated carbocycles. The number of ether oxygens (including phenoxy) is 2. The van der Waals surface area contributed by atoms with Gasteiger partial charge in [0, 0.05) is 5.88 Å². The number of methoxy groups -OCH3 is 1. The van der Waals surface area contributed by atoms with Crippen LogP contribution in [0.25, 0.3) is 6.08 Å². The van der Waals surface area contributed by atoms with Crippen molar-refractivity contribution in [1.29, 1.82) is 0 Å². The highest BCUT2D eigenvalue weighted by Crippen LogP contribution is 2.28. The molecule has 3 heteroatoms. The molecule has 0 heterocycles. The van der Waals surface area contributed by atoms with Crippen LogP contribution in [-0.4, -0.2) is 19.6 Å². The Bertz CT molecular complexity index is 334. The van der Waals surface area contributed by atoms with Gasteiger partial charge >= 0.3 is 0 Å². The first-order valence-electron chi connectivity index (χ1n) is 4.85. The fourth-order valence-corrected chi connectivity index (χ4v) is 1.33. The van der Waals surface area contributed by atoms with Gasteiger partial charge in [0.15, 0.2) is 11.5 Å². The first kappa shape index (κ1) is 11.9. The molecule has 1 aromatic rings. The van der Waals surface area contributed by atoms with Crippen LogP contribution in [0.2, 0.25) is 0 Å². The largest absolute Gasteiger partial charge is 0.493 e. The van der Waals surface area contributed by atoms with Gasteiger partial charge in [0.1, 0.15) is 0 Å². The van der Waals surface area contributed by atoms with Crippen molar-refractivity contribution >= 4 is 17.7 Å². The second-order valence-corrected chi connectivity index (χ2v) is 3.21. The van der Waals surface area contributed by atoms with Gasteiger partial charge in [-0.3, -0.25) is 0 Å². The summed E-state index contributed by atoms with van der Waals surface area (Å²) in [6.07, 6.45) is 3.84. The Morgan fingerprint density at radius 1 is 1.33 bits per heavy atom. The summed E-state index contributed by atoms with van der Waals surface area (Å²) < 4.78 is 10.6. The number of benzene rings is 1. The third-order valence-electron chi connectivity index (χ3n) is 1.89. The fourth-order valence-electron chi connectivity index (χ4n) is 1.24. The zero-order valence-corrected chi connectivity index (χ0v) is 9.75. The van der Waals surface area contributed by atoms with Crippen LogP contribution >= 0.6 is 11.6 Å². The van der Waals surface area contributed by atoms with Gasteiger partial charge in [-0.25, -0.2) is 0 Å². The lowest BCUT2D eigenvalue weighted by atomic mass is 10.2.